The first-order chi connectivity index (χ1) is 8.27. The van der Waals surface area contributed by atoms with Gasteiger partial charge in [0.15, 0.2) is 5.96 Å². The Morgan fingerprint density at radius 1 is 1.50 bits per heavy atom. The van der Waals surface area contributed by atoms with Crippen molar-refractivity contribution in [2.75, 3.05) is 13.6 Å². The summed E-state index contributed by atoms with van der Waals surface area (Å²) in [4.78, 5) is 23.8. The van der Waals surface area contributed by atoms with E-state index in [2.05, 4.69) is 5.32 Å². The van der Waals surface area contributed by atoms with Crippen molar-refractivity contribution < 1.29 is 14.7 Å². The molecule has 0 saturated heterocycles. The summed E-state index contributed by atoms with van der Waals surface area (Å²) in [6.45, 7) is 1.90. The average molecular weight is 259 g/mol. The van der Waals surface area contributed by atoms with Crippen molar-refractivity contribution in [1.29, 1.82) is 5.41 Å². The van der Waals surface area contributed by atoms with Crippen LogP contribution < -0.4 is 16.8 Å². The number of carboxylic acids is 1. The van der Waals surface area contributed by atoms with Gasteiger partial charge in [0.25, 0.3) is 0 Å². The third-order valence-corrected chi connectivity index (χ3v) is 2.46. The third kappa shape index (κ3) is 5.48. The maximum atomic E-state index is 11.6. The molecule has 104 valence electrons. The summed E-state index contributed by atoms with van der Waals surface area (Å²) in [5, 5.41) is 18.6. The number of rotatable bonds is 7. The first kappa shape index (κ1) is 16.2. The first-order valence-electron chi connectivity index (χ1n) is 5.60. The van der Waals surface area contributed by atoms with Gasteiger partial charge in [0.2, 0.25) is 5.91 Å². The SMILES string of the molecule is C[C@H](N)C(=O)N(C)[C@@H](CCCNC(=N)N)C(=O)O. The molecule has 0 radical (unpaired) electrons. The lowest BCUT2D eigenvalue weighted by molar-refractivity contribution is -0.149. The second-order valence-electron chi connectivity index (χ2n) is 4.07. The molecule has 0 bridgehead atoms. The lowest BCUT2D eigenvalue weighted by atomic mass is 10.1. The van der Waals surface area contributed by atoms with Crippen molar-refractivity contribution in [1.82, 2.24) is 10.2 Å². The van der Waals surface area contributed by atoms with Crippen LogP contribution in [0.1, 0.15) is 19.8 Å². The van der Waals surface area contributed by atoms with E-state index in [9.17, 15) is 9.59 Å². The molecule has 0 heterocycles. The highest BCUT2D eigenvalue weighted by atomic mass is 16.4. The van der Waals surface area contributed by atoms with E-state index < -0.39 is 24.0 Å². The maximum absolute atomic E-state index is 11.6. The molecule has 1 amide bonds. The zero-order chi connectivity index (χ0) is 14.3. The molecule has 0 aromatic heterocycles. The number of hydrogen-bond acceptors (Lipinski definition) is 4. The Morgan fingerprint density at radius 3 is 2.44 bits per heavy atom. The quantitative estimate of drug-likeness (QED) is 0.214. The largest absolute Gasteiger partial charge is 0.480 e. The number of carbonyl (C=O) groups excluding carboxylic acids is 1. The van der Waals surface area contributed by atoms with E-state index in [4.69, 9.17) is 22.0 Å². The van der Waals surface area contributed by atoms with Crippen molar-refractivity contribution in [2.45, 2.75) is 31.8 Å². The van der Waals surface area contributed by atoms with Gasteiger partial charge in [-0.1, -0.05) is 0 Å². The number of hydrogen-bond donors (Lipinski definition) is 5. The van der Waals surface area contributed by atoms with E-state index in [0.29, 0.717) is 13.0 Å². The molecular formula is C10H21N5O3. The highest BCUT2D eigenvalue weighted by Gasteiger charge is 2.27. The molecule has 0 rings (SSSR count). The van der Waals surface area contributed by atoms with Gasteiger partial charge in [-0.2, -0.15) is 0 Å². The van der Waals surface area contributed by atoms with Crippen LogP contribution in [0.5, 0.6) is 0 Å². The van der Waals surface area contributed by atoms with Gasteiger partial charge >= 0.3 is 5.97 Å². The Bertz CT molecular complexity index is 319. The number of amides is 1. The number of nitrogens with zero attached hydrogens (tertiary/aromatic N) is 1. The molecule has 18 heavy (non-hydrogen) atoms. The summed E-state index contributed by atoms with van der Waals surface area (Å²) in [6.07, 6.45) is 0.748. The van der Waals surface area contributed by atoms with Gasteiger partial charge in [-0.05, 0) is 19.8 Å². The lowest BCUT2D eigenvalue weighted by Gasteiger charge is -2.26. The van der Waals surface area contributed by atoms with Crippen molar-refractivity contribution in [3.63, 3.8) is 0 Å². The summed E-state index contributed by atoms with van der Waals surface area (Å²) in [7, 11) is 1.42. The van der Waals surface area contributed by atoms with Crippen LogP contribution in [-0.2, 0) is 9.59 Å². The highest BCUT2D eigenvalue weighted by molar-refractivity contribution is 5.86. The van der Waals surface area contributed by atoms with Gasteiger partial charge in [-0.15, -0.1) is 0 Å². The molecular weight excluding hydrogens is 238 g/mol. The zero-order valence-electron chi connectivity index (χ0n) is 10.6. The average Bonchev–Trinajstić information content (AvgIpc) is 2.26. The molecule has 0 unspecified atom stereocenters. The van der Waals surface area contributed by atoms with Crippen molar-refractivity contribution in [2.24, 2.45) is 11.5 Å². The van der Waals surface area contributed by atoms with Gasteiger partial charge in [0, 0.05) is 13.6 Å². The summed E-state index contributed by atoms with van der Waals surface area (Å²) in [5.41, 5.74) is 10.5. The van der Waals surface area contributed by atoms with Crippen LogP contribution in [-0.4, -0.2) is 53.5 Å². The monoisotopic (exact) mass is 259 g/mol. The van der Waals surface area contributed by atoms with Crippen molar-refractivity contribution >= 4 is 17.8 Å². The molecule has 0 aliphatic heterocycles. The van der Waals surface area contributed by atoms with Gasteiger partial charge in [-0.3, -0.25) is 10.2 Å². The molecule has 0 spiro atoms. The van der Waals surface area contributed by atoms with Crippen LogP contribution >= 0.6 is 0 Å². The van der Waals surface area contributed by atoms with E-state index in [1.54, 1.807) is 0 Å². The van der Waals surface area contributed by atoms with E-state index in [0.717, 1.165) is 4.90 Å². The number of guanidine groups is 1. The molecule has 0 aliphatic rings. The summed E-state index contributed by atoms with van der Waals surface area (Å²) in [5.74, 6) is -1.65. The number of likely N-dealkylation sites (N-methyl/N-ethyl adjacent to an activating group) is 1. The number of nitrogens with two attached hydrogens (primary N) is 2. The van der Waals surface area contributed by atoms with Crippen LogP contribution in [0, 0.1) is 5.41 Å². The number of nitrogens with one attached hydrogen (secondary N) is 2. The Hall–Kier alpha value is -1.83. The Balaban J connectivity index is 4.35. The van der Waals surface area contributed by atoms with E-state index in [1.807, 2.05) is 0 Å². The summed E-state index contributed by atoms with van der Waals surface area (Å²) >= 11 is 0. The Labute approximate surface area is 106 Å². The second-order valence-corrected chi connectivity index (χ2v) is 4.07. The minimum Gasteiger partial charge on any atom is -0.480 e. The zero-order valence-corrected chi connectivity index (χ0v) is 10.6. The van der Waals surface area contributed by atoms with Crippen LogP contribution in [0.3, 0.4) is 0 Å². The summed E-state index contributed by atoms with van der Waals surface area (Å²) in [6, 6.07) is -1.65. The fourth-order valence-electron chi connectivity index (χ4n) is 1.48. The molecule has 8 heteroatoms. The highest BCUT2D eigenvalue weighted by Crippen LogP contribution is 2.07. The molecule has 7 N–H and O–H groups in total. The topological polar surface area (TPSA) is 146 Å². The van der Waals surface area contributed by atoms with Crippen molar-refractivity contribution in [3.8, 4) is 0 Å². The van der Waals surface area contributed by atoms with Crippen molar-refractivity contribution in [3.05, 3.63) is 0 Å². The molecule has 0 aliphatic carbocycles. The second kappa shape index (κ2) is 7.49. The summed E-state index contributed by atoms with van der Waals surface area (Å²) < 4.78 is 0. The van der Waals surface area contributed by atoms with Crippen LogP contribution in [0.4, 0.5) is 0 Å². The molecule has 0 saturated carbocycles. The maximum Gasteiger partial charge on any atom is 0.326 e. The standard InChI is InChI=1S/C10H21N5O3/c1-6(11)8(16)15(2)7(9(17)18)4-3-5-14-10(12)13/h6-7H,3-5,11H2,1-2H3,(H,17,18)(H4,12,13,14)/t6-,7-/m0/s1. The van der Waals surface area contributed by atoms with Crippen LogP contribution in [0.15, 0.2) is 0 Å². The van der Waals surface area contributed by atoms with E-state index >= 15 is 0 Å². The van der Waals surface area contributed by atoms with Gasteiger partial charge in [0.05, 0.1) is 6.04 Å². The van der Waals surface area contributed by atoms with Gasteiger partial charge in [-0.25, -0.2) is 4.79 Å². The van der Waals surface area contributed by atoms with Gasteiger partial charge < -0.3 is 26.8 Å². The number of carboxylic acid groups (broad SMARTS) is 1. The lowest BCUT2D eigenvalue weighted by Crippen LogP contribution is -2.48. The fraction of sp³-hybridized carbons (Fsp3) is 0.700. The fourth-order valence-corrected chi connectivity index (χ4v) is 1.48. The molecule has 0 aromatic rings. The number of carbonyl (C=O) groups is 2. The molecule has 0 fully saturated rings. The van der Waals surface area contributed by atoms with Crippen LogP contribution in [0.25, 0.3) is 0 Å². The molecule has 8 nitrogen and oxygen atoms in total. The predicted molar refractivity (Wildman–Crippen MR) is 67.0 cm³/mol. The molecule has 0 aromatic carbocycles. The number of aliphatic carboxylic acids is 1. The minimum atomic E-state index is -1.07. The Kier molecular flexibility index (Phi) is 6.73. The van der Waals surface area contributed by atoms with E-state index in [1.165, 1.54) is 14.0 Å². The predicted octanol–water partition coefficient (Wildman–Crippen LogP) is -1.49. The van der Waals surface area contributed by atoms with Crippen LogP contribution in [0.2, 0.25) is 0 Å². The van der Waals surface area contributed by atoms with Gasteiger partial charge in [0.1, 0.15) is 6.04 Å². The third-order valence-electron chi connectivity index (χ3n) is 2.46. The first-order valence-corrected chi connectivity index (χ1v) is 5.60. The normalized spacial score (nSPS) is 13.5. The smallest absolute Gasteiger partial charge is 0.326 e. The minimum absolute atomic E-state index is 0.165. The van der Waals surface area contributed by atoms with E-state index in [-0.39, 0.29) is 12.4 Å². The molecule has 2 atom stereocenters. The Morgan fingerprint density at radius 2 is 2.06 bits per heavy atom.